The molecular weight excluding hydrogens is 398 g/mol. The van der Waals surface area contributed by atoms with E-state index < -0.39 is 0 Å². The quantitative estimate of drug-likeness (QED) is 0.370. The fourth-order valence-electron chi connectivity index (χ4n) is 3.26. The molecule has 0 aliphatic carbocycles. The van der Waals surface area contributed by atoms with E-state index in [9.17, 15) is 0 Å². The van der Waals surface area contributed by atoms with E-state index in [-0.39, 0.29) is 0 Å². The molecule has 0 unspecified atom stereocenters. The molecule has 150 valence electrons. The minimum absolute atomic E-state index is 0.791. The Morgan fingerprint density at radius 2 is 1.83 bits per heavy atom. The van der Waals surface area contributed by atoms with Crippen molar-refractivity contribution in [1.82, 2.24) is 9.88 Å². The van der Waals surface area contributed by atoms with Gasteiger partial charge in [-0.1, -0.05) is 36.4 Å². The lowest BCUT2D eigenvalue weighted by Crippen LogP contribution is -2.09. The Bertz CT molecular complexity index is 1100. The summed E-state index contributed by atoms with van der Waals surface area (Å²) in [7, 11) is 4.09. The zero-order chi connectivity index (χ0) is 20.2. The average Bonchev–Trinajstić information content (AvgIpc) is 3.30. The van der Waals surface area contributed by atoms with Crippen LogP contribution in [0.25, 0.3) is 22.0 Å². The normalized spacial score (nSPS) is 11.6. The number of aromatic nitrogens is 1. The van der Waals surface area contributed by atoms with Crippen LogP contribution in [-0.4, -0.2) is 29.7 Å². The van der Waals surface area contributed by atoms with Crippen molar-refractivity contribution in [3.05, 3.63) is 71.1 Å². The Labute approximate surface area is 179 Å². The number of thioether (sulfide) groups is 1. The van der Waals surface area contributed by atoms with Crippen molar-refractivity contribution in [3.63, 3.8) is 0 Å². The van der Waals surface area contributed by atoms with E-state index in [1.165, 1.54) is 10.8 Å². The second-order valence-corrected chi connectivity index (χ2v) is 9.51. The van der Waals surface area contributed by atoms with Gasteiger partial charge in [-0.25, -0.2) is 4.98 Å². The highest BCUT2D eigenvalue weighted by Crippen LogP contribution is 2.33. The van der Waals surface area contributed by atoms with Crippen LogP contribution in [0.1, 0.15) is 16.5 Å². The lowest BCUT2D eigenvalue weighted by molar-refractivity contribution is 0.344. The van der Waals surface area contributed by atoms with Crippen LogP contribution in [0.3, 0.4) is 0 Å². The molecule has 0 aliphatic heterocycles. The number of thiazole rings is 1. The van der Waals surface area contributed by atoms with Gasteiger partial charge < -0.3 is 15.1 Å². The molecule has 0 aliphatic rings. The molecule has 4 rings (SSSR count). The lowest BCUT2D eigenvalue weighted by atomic mass is 10.1. The number of nitrogens with two attached hydrogens (primary N) is 1. The number of anilines is 1. The minimum atomic E-state index is 0.791. The van der Waals surface area contributed by atoms with Crippen molar-refractivity contribution in [3.8, 4) is 11.3 Å². The van der Waals surface area contributed by atoms with Crippen LogP contribution in [0, 0.1) is 0 Å². The summed E-state index contributed by atoms with van der Waals surface area (Å²) in [5.41, 5.74) is 8.27. The zero-order valence-corrected chi connectivity index (χ0v) is 18.4. The molecular formula is C23H25N3OS2. The van der Waals surface area contributed by atoms with Crippen molar-refractivity contribution >= 4 is 38.9 Å². The highest BCUT2D eigenvalue weighted by Gasteiger charge is 2.11. The second-order valence-electron chi connectivity index (χ2n) is 7.29. The third-order valence-corrected chi connectivity index (χ3v) is 6.54. The molecule has 0 saturated heterocycles. The number of furan rings is 1. The molecule has 2 heterocycles. The fourth-order valence-corrected chi connectivity index (χ4v) is 5.08. The van der Waals surface area contributed by atoms with Gasteiger partial charge in [-0.15, -0.1) is 11.3 Å². The first-order valence-electron chi connectivity index (χ1n) is 9.63. The molecule has 2 aromatic heterocycles. The topological polar surface area (TPSA) is 55.3 Å². The third kappa shape index (κ3) is 5.01. The highest BCUT2D eigenvalue weighted by atomic mass is 32.2. The zero-order valence-electron chi connectivity index (χ0n) is 16.7. The number of nitrogens with zero attached hydrogens (tertiary/aromatic N) is 2. The molecule has 0 bridgehead atoms. The van der Waals surface area contributed by atoms with E-state index in [2.05, 4.69) is 59.5 Å². The molecule has 29 heavy (non-hydrogen) atoms. The van der Waals surface area contributed by atoms with E-state index in [0.29, 0.717) is 0 Å². The van der Waals surface area contributed by atoms with E-state index >= 15 is 0 Å². The van der Waals surface area contributed by atoms with Crippen molar-refractivity contribution in [2.45, 2.75) is 18.7 Å². The standard InChI is InChI=1S/C23H25N3OS2/c1-26(2)14-19-9-10-20(27-19)15-28-12-11-21-25-22(23(24)29-21)18-8-7-16-5-3-4-6-17(16)13-18/h3-10,13H,11-12,14-15,24H2,1-2H3. The van der Waals surface area contributed by atoms with Gasteiger partial charge in [-0.3, -0.25) is 0 Å². The molecule has 2 N–H and O–H groups in total. The third-order valence-electron chi connectivity index (χ3n) is 4.61. The van der Waals surface area contributed by atoms with Gasteiger partial charge in [0.1, 0.15) is 22.2 Å². The van der Waals surface area contributed by atoms with Crippen molar-refractivity contribution in [2.24, 2.45) is 0 Å². The summed E-state index contributed by atoms with van der Waals surface area (Å²) in [6.07, 6.45) is 0.915. The van der Waals surface area contributed by atoms with Crippen LogP contribution < -0.4 is 5.73 Å². The highest BCUT2D eigenvalue weighted by molar-refractivity contribution is 7.98. The number of hydrogen-bond acceptors (Lipinski definition) is 6. The minimum Gasteiger partial charge on any atom is -0.464 e. The van der Waals surface area contributed by atoms with Gasteiger partial charge in [0.05, 0.1) is 17.3 Å². The van der Waals surface area contributed by atoms with E-state index in [0.717, 1.165) is 57.3 Å². The first-order chi connectivity index (χ1) is 14.1. The Morgan fingerprint density at radius 1 is 1.03 bits per heavy atom. The Kier molecular flexibility index (Phi) is 6.23. The summed E-state index contributed by atoms with van der Waals surface area (Å²) in [6, 6.07) is 18.9. The number of fused-ring (bicyclic) bond motifs is 1. The summed E-state index contributed by atoms with van der Waals surface area (Å²) >= 11 is 3.46. The summed E-state index contributed by atoms with van der Waals surface area (Å²) in [5.74, 6) is 3.92. The van der Waals surface area contributed by atoms with Gasteiger partial charge in [-0.2, -0.15) is 11.8 Å². The van der Waals surface area contributed by atoms with E-state index in [1.807, 2.05) is 25.9 Å². The van der Waals surface area contributed by atoms with Crippen LogP contribution in [0.15, 0.2) is 59.0 Å². The van der Waals surface area contributed by atoms with Crippen molar-refractivity contribution < 1.29 is 4.42 Å². The van der Waals surface area contributed by atoms with Crippen LogP contribution >= 0.6 is 23.1 Å². The molecule has 6 heteroatoms. The molecule has 0 spiro atoms. The van der Waals surface area contributed by atoms with Crippen molar-refractivity contribution in [2.75, 3.05) is 25.6 Å². The maximum absolute atomic E-state index is 6.29. The summed E-state index contributed by atoms with van der Waals surface area (Å²) in [6.45, 7) is 0.834. The number of hydrogen-bond donors (Lipinski definition) is 1. The summed E-state index contributed by atoms with van der Waals surface area (Å²) in [4.78, 5) is 6.93. The molecule has 0 radical (unpaired) electrons. The lowest BCUT2D eigenvalue weighted by Gasteiger charge is -2.05. The van der Waals surface area contributed by atoms with Crippen molar-refractivity contribution in [1.29, 1.82) is 0 Å². The fraction of sp³-hybridized carbons (Fsp3) is 0.261. The van der Waals surface area contributed by atoms with Gasteiger partial charge in [0.2, 0.25) is 0 Å². The van der Waals surface area contributed by atoms with Crippen LogP contribution in [0.5, 0.6) is 0 Å². The van der Waals surface area contributed by atoms with Crippen LogP contribution in [-0.2, 0) is 18.7 Å². The number of benzene rings is 2. The molecule has 4 nitrogen and oxygen atoms in total. The van der Waals surface area contributed by atoms with Gasteiger partial charge in [0, 0.05) is 17.7 Å². The second kappa shape index (κ2) is 9.03. The van der Waals surface area contributed by atoms with E-state index in [4.69, 9.17) is 15.1 Å². The smallest absolute Gasteiger partial charge is 0.118 e. The average molecular weight is 424 g/mol. The Morgan fingerprint density at radius 3 is 2.66 bits per heavy atom. The summed E-state index contributed by atoms with van der Waals surface area (Å²) in [5, 5.41) is 4.32. The summed E-state index contributed by atoms with van der Waals surface area (Å²) < 4.78 is 5.87. The van der Waals surface area contributed by atoms with Gasteiger partial charge >= 0.3 is 0 Å². The SMILES string of the molecule is CN(C)Cc1ccc(CSCCc2nc(-c3ccc4ccccc4c3)c(N)s2)o1. The maximum atomic E-state index is 6.29. The number of rotatable bonds is 8. The monoisotopic (exact) mass is 423 g/mol. The molecule has 0 amide bonds. The molecule has 0 atom stereocenters. The predicted molar refractivity (Wildman–Crippen MR) is 125 cm³/mol. The van der Waals surface area contributed by atoms with Gasteiger partial charge in [0.25, 0.3) is 0 Å². The predicted octanol–water partition coefficient (Wildman–Crippen LogP) is 5.68. The molecule has 0 saturated carbocycles. The molecule has 2 aromatic carbocycles. The Balaban J connectivity index is 1.35. The molecule has 0 fully saturated rings. The maximum Gasteiger partial charge on any atom is 0.118 e. The van der Waals surface area contributed by atoms with Gasteiger partial charge in [0.15, 0.2) is 0 Å². The first-order valence-corrected chi connectivity index (χ1v) is 11.6. The van der Waals surface area contributed by atoms with Crippen LogP contribution in [0.4, 0.5) is 5.00 Å². The van der Waals surface area contributed by atoms with E-state index in [1.54, 1.807) is 11.3 Å². The first kappa shape index (κ1) is 20.0. The number of nitrogen functional groups attached to an aromatic ring is 1. The van der Waals surface area contributed by atoms with Gasteiger partial charge in [-0.05, 0) is 43.1 Å². The number of aryl methyl sites for hydroxylation is 1. The Hall–Kier alpha value is -2.28. The van der Waals surface area contributed by atoms with Crippen LogP contribution in [0.2, 0.25) is 0 Å². The largest absolute Gasteiger partial charge is 0.464 e. The molecule has 4 aromatic rings.